The average molecular weight is 346 g/mol. The molecule has 100 valence electrons. The predicted octanol–water partition coefficient (Wildman–Crippen LogP) is 4.35. The Labute approximate surface area is 123 Å². The number of aliphatic hydroxyl groups is 1. The summed E-state index contributed by atoms with van der Waals surface area (Å²) in [6.45, 7) is -0.0327. The molecule has 1 N–H and O–H groups in total. The minimum Gasteiger partial charge on any atom is -0.491 e. The van der Waals surface area contributed by atoms with E-state index in [4.69, 9.17) is 16.3 Å². The van der Waals surface area contributed by atoms with Gasteiger partial charge in [-0.05, 0) is 42.5 Å². The van der Waals surface area contributed by atoms with E-state index < -0.39 is 11.9 Å². The van der Waals surface area contributed by atoms with Gasteiger partial charge in [0.1, 0.15) is 24.3 Å². The molecule has 0 spiro atoms. The van der Waals surface area contributed by atoms with Gasteiger partial charge in [0.05, 0.1) is 0 Å². The Morgan fingerprint density at radius 1 is 1.21 bits per heavy atom. The molecule has 0 saturated heterocycles. The van der Waals surface area contributed by atoms with Gasteiger partial charge in [-0.15, -0.1) is 0 Å². The Kier molecular flexibility index (Phi) is 4.80. The molecule has 0 aromatic heterocycles. The van der Waals surface area contributed by atoms with Crippen molar-refractivity contribution in [3.63, 3.8) is 0 Å². The average Bonchev–Trinajstić information content (AvgIpc) is 2.40. The fraction of sp³-hybridized carbons (Fsp3) is 0.143. The third-order valence-electron chi connectivity index (χ3n) is 2.54. The maximum absolute atomic E-state index is 13.5. The zero-order chi connectivity index (χ0) is 13.8. The highest BCUT2D eigenvalue weighted by atomic mass is 79.9. The zero-order valence-corrected chi connectivity index (χ0v) is 12.2. The van der Waals surface area contributed by atoms with E-state index in [0.29, 0.717) is 15.2 Å². The molecule has 5 heteroatoms. The molecule has 2 rings (SSSR count). The van der Waals surface area contributed by atoms with E-state index in [1.54, 1.807) is 30.3 Å². The number of benzene rings is 2. The molecule has 0 fully saturated rings. The van der Waals surface area contributed by atoms with Crippen LogP contribution in [0.15, 0.2) is 46.9 Å². The van der Waals surface area contributed by atoms with E-state index in [-0.39, 0.29) is 12.2 Å². The van der Waals surface area contributed by atoms with Crippen LogP contribution in [0.1, 0.15) is 11.7 Å². The fourth-order valence-corrected chi connectivity index (χ4v) is 2.07. The van der Waals surface area contributed by atoms with Gasteiger partial charge in [-0.25, -0.2) is 4.39 Å². The van der Waals surface area contributed by atoms with Crippen molar-refractivity contribution in [3.05, 3.63) is 63.3 Å². The van der Waals surface area contributed by atoms with E-state index in [2.05, 4.69) is 15.9 Å². The predicted molar refractivity (Wildman–Crippen MR) is 76.0 cm³/mol. The molecular weight excluding hydrogens is 335 g/mol. The first-order valence-corrected chi connectivity index (χ1v) is 6.75. The Morgan fingerprint density at radius 3 is 2.58 bits per heavy atom. The topological polar surface area (TPSA) is 29.5 Å². The molecule has 0 bridgehead atoms. The lowest BCUT2D eigenvalue weighted by Gasteiger charge is -2.13. The van der Waals surface area contributed by atoms with Crippen LogP contribution < -0.4 is 4.74 Å². The maximum atomic E-state index is 13.5. The van der Waals surface area contributed by atoms with E-state index >= 15 is 0 Å². The standard InChI is InChI=1S/C14H11BrClFO2/c15-9-1-6-13(17)12(7-9)14(18)8-19-11-4-2-10(16)3-5-11/h1-7,14,18H,8H2. The van der Waals surface area contributed by atoms with Crippen molar-refractivity contribution in [1.29, 1.82) is 0 Å². The van der Waals surface area contributed by atoms with Gasteiger partial charge >= 0.3 is 0 Å². The van der Waals surface area contributed by atoms with E-state index in [9.17, 15) is 9.50 Å². The van der Waals surface area contributed by atoms with Crippen molar-refractivity contribution >= 4 is 27.5 Å². The van der Waals surface area contributed by atoms with Crippen LogP contribution in [0.5, 0.6) is 5.75 Å². The fourth-order valence-electron chi connectivity index (χ4n) is 1.57. The monoisotopic (exact) mass is 344 g/mol. The van der Waals surface area contributed by atoms with Gasteiger partial charge < -0.3 is 9.84 Å². The van der Waals surface area contributed by atoms with Crippen molar-refractivity contribution in [1.82, 2.24) is 0 Å². The van der Waals surface area contributed by atoms with E-state index in [1.807, 2.05) is 0 Å². The summed E-state index contributed by atoms with van der Waals surface area (Å²) in [4.78, 5) is 0. The minimum atomic E-state index is -1.03. The first-order valence-electron chi connectivity index (χ1n) is 5.57. The van der Waals surface area contributed by atoms with Gasteiger partial charge in [-0.2, -0.15) is 0 Å². The lowest BCUT2D eigenvalue weighted by atomic mass is 10.1. The van der Waals surface area contributed by atoms with Crippen LogP contribution in [-0.2, 0) is 0 Å². The van der Waals surface area contributed by atoms with Crippen molar-refractivity contribution in [2.45, 2.75) is 6.10 Å². The van der Waals surface area contributed by atoms with Crippen LogP contribution in [0, 0.1) is 5.82 Å². The normalized spacial score (nSPS) is 12.2. The lowest BCUT2D eigenvalue weighted by molar-refractivity contribution is 0.105. The molecule has 2 nitrogen and oxygen atoms in total. The molecule has 1 atom stereocenters. The van der Waals surface area contributed by atoms with Crippen LogP contribution in [0.4, 0.5) is 4.39 Å². The highest BCUT2D eigenvalue weighted by Gasteiger charge is 2.14. The maximum Gasteiger partial charge on any atom is 0.129 e. The smallest absolute Gasteiger partial charge is 0.129 e. The third-order valence-corrected chi connectivity index (χ3v) is 3.28. The summed E-state index contributed by atoms with van der Waals surface area (Å²) in [5.41, 5.74) is 0.198. The molecule has 2 aromatic rings. The van der Waals surface area contributed by atoms with Crippen LogP contribution in [-0.4, -0.2) is 11.7 Å². The van der Waals surface area contributed by atoms with Gasteiger partial charge in [0, 0.05) is 15.1 Å². The quantitative estimate of drug-likeness (QED) is 0.892. The molecule has 0 aliphatic heterocycles. The molecule has 0 aliphatic rings. The van der Waals surface area contributed by atoms with Gasteiger partial charge in [-0.3, -0.25) is 0 Å². The molecule has 0 amide bonds. The third kappa shape index (κ3) is 3.93. The summed E-state index contributed by atoms with van der Waals surface area (Å²) in [7, 11) is 0. The second kappa shape index (κ2) is 6.37. The second-order valence-electron chi connectivity index (χ2n) is 3.95. The Balaban J connectivity index is 2.03. The molecule has 2 aromatic carbocycles. The van der Waals surface area contributed by atoms with Gasteiger partial charge in [0.2, 0.25) is 0 Å². The Hall–Kier alpha value is -1.10. The minimum absolute atomic E-state index is 0.0327. The molecule has 19 heavy (non-hydrogen) atoms. The van der Waals surface area contributed by atoms with Crippen LogP contribution in [0.25, 0.3) is 0 Å². The number of rotatable bonds is 4. The lowest BCUT2D eigenvalue weighted by Crippen LogP contribution is -2.11. The summed E-state index contributed by atoms with van der Waals surface area (Å²) in [5.74, 6) is 0.106. The number of aliphatic hydroxyl groups excluding tert-OH is 1. The summed E-state index contributed by atoms with van der Waals surface area (Å²) in [6.07, 6.45) is -1.03. The molecular formula is C14H11BrClFO2. The number of halogens is 3. The van der Waals surface area contributed by atoms with Crippen LogP contribution in [0.3, 0.4) is 0 Å². The first-order chi connectivity index (χ1) is 9.06. The van der Waals surface area contributed by atoms with Crippen molar-refractivity contribution in [2.24, 2.45) is 0 Å². The largest absolute Gasteiger partial charge is 0.491 e. The van der Waals surface area contributed by atoms with Crippen molar-refractivity contribution < 1.29 is 14.2 Å². The molecule has 0 heterocycles. The summed E-state index contributed by atoms with van der Waals surface area (Å²) in [6, 6.07) is 11.1. The summed E-state index contributed by atoms with van der Waals surface area (Å²) in [5, 5.41) is 10.5. The van der Waals surface area contributed by atoms with Crippen molar-refractivity contribution in [2.75, 3.05) is 6.61 Å². The van der Waals surface area contributed by atoms with Gasteiger partial charge in [-0.1, -0.05) is 27.5 Å². The summed E-state index contributed by atoms with van der Waals surface area (Å²) < 4.78 is 19.6. The Morgan fingerprint density at radius 2 is 1.89 bits per heavy atom. The molecule has 0 saturated carbocycles. The summed E-state index contributed by atoms with van der Waals surface area (Å²) >= 11 is 8.98. The molecule has 1 unspecified atom stereocenters. The van der Waals surface area contributed by atoms with Crippen molar-refractivity contribution in [3.8, 4) is 5.75 Å². The SMILES string of the molecule is OC(COc1ccc(Cl)cc1)c1cc(Br)ccc1F. The van der Waals surface area contributed by atoms with Crippen LogP contribution in [0.2, 0.25) is 5.02 Å². The molecule has 0 aliphatic carbocycles. The molecule has 0 radical (unpaired) electrons. The highest BCUT2D eigenvalue weighted by molar-refractivity contribution is 9.10. The van der Waals surface area contributed by atoms with Gasteiger partial charge in [0.15, 0.2) is 0 Å². The van der Waals surface area contributed by atoms with E-state index in [1.165, 1.54) is 12.1 Å². The number of ether oxygens (including phenoxy) is 1. The highest BCUT2D eigenvalue weighted by Crippen LogP contribution is 2.23. The number of hydrogen-bond acceptors (Lipinski definition) is 2. The van der Waals surface area contributed by atoms with E-state index in [0.717, 1.165) is 0 Å². The second-order valence-corrected chi connectivity index (χ2v) is 5.30. The first kappa shape index (κ1) is 14.3. The number of hydrogen-bond donors (Lipinski definition) is 1. The Bertz CT molecular complexity index is 560. The van der Waals surface area contributed by atoms with Crippen LogP contribution >= 0.6 is 27.5 Å². The van der Waals surface area contributed by atoms with Gasteiger partial charge in [0.25, 0.3) is 0 Å². The zero-order valence-electron chi connectivity index (χ0n) is 9.82.